The van der Waals surface area contributed by atoms with Crippen molar-refractivity contribution in [3.05, 3.63) is 42.0 Å². The lowest BCUT2D eigenvalue weighted by Gasteiger charge is -2.11. The second-order valence-electron chi connectivity index (χ2n) is 4.47. The van der Waals surface area contributed by atoms with Gasteiger partial charge in [-0.05, 0) is 30.4 Å². The van der Waals surface area contributed by atoms with E-state index in [-0.39, 0.29) is 5.97 Å². The zero-order chi connectivity index (χ0) is 12.5. The van der Waals surface area contributed by atoms with Crippen LogP contribution in [0.25, 0.3) is 10.8 Å². The van der Waals surface area contributed by atoms with Crippen molar-refractivity contribution in [2.24, 2.45) is 0 Å². The van der Waals surface area contributed by atoms with Gasteiger partial charge in [0.05, 0.1) is 18.8 Å². The summed E-state index contributed by atoms with van der Waals surface area (Å²) in [4.78, 5) is 11.7. The summed E-state index contributed by atoms with van der Waals surface area (Å²) in [6.45, 7) is 0. The maximum atomic E-state index is 11.7. The largest absolute Gasteiger partial charge is 0.490 e. The van der Waals surface area contributed by atoms with E-state index in [2.05, 4.69) is 0 Å². The first-order chi connectivity index (χ1) is 8.79. The summed E-state index contributed by atoms with van der Waals surface area (Å²) >= 11 is 0. The van der Waals surface area contributed by atoms with Crippen LogP contribution in [0.1, 0.15) is 23.2 Å². The molecule has 0 radical (unpaired) electrons. The van der Waals surface area contributed by atoms with Gasteiger partial charge in [0.25, 0.3) is 0 Å². The van der Waals surface area contributed by atoms with E-state index in [1.807, 2.05) is 30.3 Å². The second kappa shape index (κ2) is 4.33. The number of carbonyl (C=O) groups excluding carboxylic acids is 1. The third kappa shape index (κ3) is 1.92. The van der Waals surface area contributed by atoms with Gasteiger partial charge in [-0.1, -0.05) is 24.3 Å². The van der Waals surface area contributed by atoms with Crippen molar-refractivity contribution in [2.75, 3.05) is 7.11 Å². The van der Waals surface area contributed by atoms with Crippen LogP contribution in [0.2, 0.25) is 0 Å². The summed E-state index contributed by atoms with van der Waals surface area (Å²) in [7, 11) is 1.39. The van der Waals surface area contributed by atoms with Crippen LogP contribution in [0.5, 0.6) is 5.75 Å². The molecule has 92 valence electrons. The molecule has 3 nitrogen and oxygen atoms in total. The Morgan fingerprint density at radius 2 is 1.83 bits per heavy atom. The molecule has 0 bridgehead atoms. The lowest BCUT2D eigenvalue weighted by molar-refractivity contribution is 0.0603. The van der Waals surface area contributed by atoms with Gasteiger partial charge in [-0.15, -0.1) is 0 Å². The van der Waals surface area contributed by atoms with Crippen molar-refractivity contribution in [1.82, 2.24) is 0 Å². The van der Waals surface area contributed by atoms with E-state index >= 15 is 0 Å². The van der Waals surface area contributed by atoms with Crippen LogP contribution < -0.4 is 4.74 Å². The fourth-order valence-corrected chi connectivity index (χ4v) is 2.03. The molecule has 1 aliphatic rings. The van der Waals surface area contributed by atoms with Gasteiger partial charge in [-0.25, -0.2) is 4.79 Å². The minimum Gasteiger partial charge on any atom is -0.490 e. The molecule has 0 saturated heterocycles. The van der Waals surface area contributed by atoms with E-state index in [1.54, 1.807) is 6.07 Å². The molecule has 0 heterocycles. The van der Waals surface area contributed by atoms with Crippen LogP contribution in [0, 0.1) is 0 Å². The molecule has 0 aliphatic heterocycles. The minimum atomic E-state index is -0.316. The summed E-state index contributed by atoms with van der Waals surface area (Å²) in [5, 5.41) is 1.84. The standard InChI is InChI=1S/C15H14O3/c1-17-15(16)13-8-9-14(18-10-6-7-10)12-5-3-2-4-11(12)13/h2-5,8-10H,6-7H2,1H3. The number of methoxy groups -OCH3 is 1. The number of fused-ring (bicyclic) bond motifs is 1. The zero-order valence-corrected chi connectivity index (χ0v) is 10.2. The lowest BCUT2D eigenvalue weighted by atomic mass is 10.0. The average Bonchev–Trinajstić information content (AvgIpc) is 3.22. The molecule has 3 rings (SSSR count). The van der Waals surface area contributed by atoms with Crippen LogP contribution in [0.15, 0.2) is 36.4 Å². The van der Waals surface area contributed by atoms with Crippen molar-refractivity contribution in [1.29, 1.82) is 0 Å². The van der Waals surface area contributed by atoms with E-state index in [1.165, 1.54) is 7.11 Å². The van der Waals surface area contributed by atoms with Gasteiger partial charge in [0.15, 0.2) is 0 Å². The first-order valence-corrected chi connectivity index (χ1v) is 6.06. The van der Waals surface area contributed by atoms with Crippen molar-refractivity contribution < 1.29 is 14.3 Å². The monoisotopic (exact) mass is 242 g/mol. The fraction of sp³-hybridized carbons (Fsp3) is 0.267. The Morgan fingerprint density at radius 3 is 2.50 bits per heavy atom. The molecule has 1 saturated carbocycles. The molecule has 0 aromatic heterocycles. The van der Waals surface area contributed by atoms with E-state index in [9.17, 15) is 4.79 Å². The predicted molar refractivity (Wildman–Crippen MR) is 68.9 cm³/mol. The Hall–Kier alpha value is -2.03. The Kier molecular flexibility index (Phi) is 2.67. The number of rotatable bonds is 3. The minimum absolute atomic E-state index is 0.316. The highest BCUT2D eigenvalue weighted by Crippen LogP contribution is 2.33. The van der Waals surface area contributed by atoms with Crippen LogP contribution >= 0.6 is 0 Å². The summed E-state index contributed by atoms with van der Waals surface area (Å²) in [5.41, 5.74) is 0.580. The molecule has 0 N–H and O–H groups in total. The van der Waals surface area contributed by atoms with Gasteiger partial charge in [-0.2, -0.15) is 0 Å². The first kappa shape index (κ1) is 11.1. The highest BCUT2D eigenvalue weighted by atomic mass is 16.5. The van der Waals surface area contributed by atoms with Gasteiger partial charge in [0.2, 0.25) is 0 Å². The molecule has 3 heteroatoms. The summed E-state index contributed by atoms with van der Waals surface area (Å²) in [6.07, 6.45) is 2.58. The number of hydrogen-bond donors (Lipinski definition) is 0. The summed E-state index contributed by atoms with van der Waals surface area (Å²) in [6, 6.07) is 11.4. The quantitative estimate of drug-likeness (QED) is 0.775. The Balaban J connectivity index is 2.14. The normalized spacial score (nSPS) is 14.5. The number of esters is 1. The van der Waals surface area contributed by atoms with Gasteiger partial charge >= 0.3 is 5.97 Å². The average molecular weight is 242 g/mol. The molecule has 1 aliphatic carbocycles. The van der Waals surface area contributed by atoms with Crippen molar-refractivity contribution in [2.45, 2.75) is 18.9 Å². The first-order valence-electron chi connectivity index (χ1n) is 6.06. The summed E-state index contributed by atoms with van der Waals surface area (Å²) in [5.74, 6) is 0.532. The third-order valence-electron chi connectivity index (χ3n) is 3.11. The maximum absolute atomic E-state index is 11.7. The molecule has 2 aromatic carbocycles. The van der Waals surface area contributed by atoms with Gasteiger partial charge in [-0.3, -0.25) is 0 Å². The van der Waals surface area contributed by atoms with E-state index in [4.69, 9.17) is 9.47 Å². The topological polar surface area (TPSA) is 35.5 Å². The Labute approximate surface area is 105 Å². The van der Waals surface area contributed by atoms with E-state index in [0.717, 1.165) is 29.4 Å². The molecular weight excluding hydrogens is 228 g/mol. The molecule has 2 aromatic rings. The molecule has 0 atom stereocenters. The van der Waals surface area contributed by atoms with Crippen LogP contribution in [0.4, 0.5) is 0 Å². The highest BCUT2D eigenvalue weighted by molar-refractivity contribution is 6.06. The molecule has 18 heavy (non-hydrogen) atoms. The molecule has 0 spiro atoms. The highest BCUT2D eigenvalue weighted by Gasteiger charge is 2.24. The number of carbonyl (C=O) groups is 1. The van der Waals surface area contributed by atoms with E-state index < -0.39 is 0 Å². The van der Waals surface area contributed by atoms with Crippen molar-refractivity contribution >= 4 is 16.7 Å². The third-order valence-corrected chi connectivity index (χ3v) is 3.11. The van der Waals surface area contributed by atoms with Crippen LogP contribution in [-0.2, 0) is 4.74 Å². The van der Waals surface area contributed by atoms with E-state index in [0.29, 0.717) is 11.7 Å². The maximum Gasteiger partial charge on any atom is 0.338 e. The van der Waals surface area contributed by atoms with Gasteiger partial charge in [0.1, 0.15) is 5.75 Å². The van der Waals surface area contributed by atoms with Crippen molar-refractivity contribution in [3.63, 3.8) is 0 Å². The number of hydrogen-bond acceptors (Lipinski definition) is 3. The van der Waals surface area contributed by atoms with Crippen LogP contribution in [-0.4, -0.2) is 19.2 Å². The predicted octanol–water partition coefficient (Wildman–Crippen LogP) is 3.17. The van der Waals surface area contributed by atoms with Crippen LogP contribution in [0.3, 0.4) is 0 Å². The summed E-state index contributed by atoms with van der Waals surface area (Å²) < 4.78 is 10.7. The fourth-order valence-electron chi connectivity index (χ4n) is 2.03. The molecule has 1 fully saturated rings. The molecule has 0 amide bonds. The Bertz CT molecular complexity index is 600. The molecular formula is C15H14O3. The second-order valence-corrected chi connectivity index (χ2v) is 4.47. The Morgan fingerprint density at radius 1 is 1.11 bits per heavy atom. The zero-order valence-electron chi connectivity index (χ0n) is 10.2. The van der Waals surface area contributed by atoms with Gasteiger partial charge in [0, 0.05) is 5.39 Å². The number of ether oxygens (including phenoxy) is 2. The van der Waals surface area contributed by atoms with Gasteiger partial charge < -0.3 is 9.47 Å². The number of benzene rings is 2. The smallest absolute Gasteiger partial charge is 0.338 e. The van der Waals surface area contributed by atoms with Crippen molar-refractivity contribution in [3.8, 4) is 5.75 Å². The molecule has 0 unspecified atom stereocenters. The SMILES string of the molecule is COC(=O)c1ccc(OC2CC2)c2ccccc12. The lowest BCUT2D eigenvalue weighted by Crippen LogP contribution is -2.03.